The van der Waals surface area contributed by atoms with Crippen molar-refractivity contribution < 1.29 is 14.5 Å². The van der Waals surface area contributed by atoms with E-state index in [4.69, 9.17) is 4.74 Å². The molecule has 0 saturated carbocycles. The summed E-state index contributed by atoms with van der Waals surface area (Å²) >= 11 is 0. The van der Waals surface area contributed by atoms with Crippen LogP contribution >= 0.6 is 0 Å². The van der Waals surface area contributed by atoms with Gasteiger partial charge in [0.25, 0.3) is 5.69 Å². The Morgan fingerprint density at radius 2 is 1.83 bits per heavy atom. The second kappa shape index (κ2) is 7.41. The number of nitrogens with zero attached hydrogens (tertiary/aromatic N) is 2. The van der Waals surface area contributed by atoms with Gasteiger partial charge in [-0.3, -0.25) is 14.9 Å². The number of hydrogen-bond acceptors (Lipinski definition) is 5. The van der Waals surface area contributed by atoms with E-state index in [1.165, 1.54) is 12.1 Å². The molecular weight excluding hydrogens is 308 g/mol. The van der Waals surface area contributed by atoms with Gasteiger partial charge in [-0.05, 0) is 42.6 Å². The van der Waals surface area contributed by atoms with E-state index < -0.39 is 4.92 Å². The number of hydrogen-bond donors (Lipinski definition) is 0. The van der Waals surface area contributed by atoms with Gasteiger partial charge in [0.05, 0.1) is 17.6 Å². The molecule has 0 heterocycles. The average molecular weight is 326 g/mol. The molecular formula is C18H18N2O4. The fourth-order valence-corrected chi connectivity index (χ4v) is 2.21. The molecule has 0 amide bonds. The summed E-state index contributed by atoms with van der Waals surface area (Å²) in [5, 5.41) is 11.3. The van der Waals surface area contributed by atoms with E-state index in [0.29, 0.717) is 11.3 Å². The average Bonchev–Trinajstić information content (AvgIpc) is 2.58. The number of carbonyl (C=O) groups is 1. The van der Waals surface area contributed by atoms with Crippen molar-refractivity contribution in [2.45, 2.75) is 0 Å². The summed E-state index contributed by atoms with van der Waals surface area (Å²) in [6.45, 7) is 0. The summed E-state index contributed by atoms with van der Waals surface area (Å²) in [7, 11) is 5.15. The Morgan fingerprint density at radius 1 is 1.17 bits per heavy atom. The van der Waals surface area contributed by atoms with Crippen LogP contribution in [-0.4, -0.2) is 36.8 Å². The minimum absolute atomic E-state index is 0.104. The minimum atomic E-state index is -0.486. The van der Waals surface area contributed by atoms with Crippen LogP contribution < -0.4 is 4.74 Å². The molecule has 6 nitrogen and oxygen atoms in total. The SMILES string of the molecule is COc1ccc(C(=O)c2cccc([N+](=O)[O-])c2C=CN(C)C)cc1. The topological polar surface area (TPSA) is 72.7 Å². The first-order chi connectivity index (χ1) is 11.4. The quantitative estimate of drug-likeness (QED) is 0.462. The monoisotopic (exact) mass is 326 g/mol. The highest BCUT2D eigenvalue weighted by molar-refractivity contribution is 6.11. The third-order valence-electron chi connectivity index (χ3n) is 3.42. The lowest BCUT2D eigenvalue weighted by molar-refractivity contribution is -0.385. The fraction of sp³-hybridized carbons (Fsp3) is 0.167. The first kappa shape index (κ1) is 17.2. The number of nitro groups is 1. The molecule has 0 fully saturated rings. The molecule has 24 heavy (non-hydrogen) atoms. The second-order valence-corrected chi connectivity index (χ2v) is 5.33. The summed E-state index contributed by atoms with van der Waals surface area (Å²) < 4.78 is 5.08. The number of nitro benzene ring substituents is 1. The van der Waals surface area contributed by atoms with Gasteiger partial charge in [0.2, 0.25) is 0 Å². The van der Waals surface area contributed by atoms with Crippen LogP contribution in [0.1, 0.15) is 21.5 Å². The lowest BCUT2D eigenvalue weighted by Gasteiger charge is -2.09. The zero-order valence-electron chi connectivity index (χ0n) is 13.7. The Hall–Kier alpha value is -3.15. The normalized spacial score (nSPS) is 10.6. The van der Waals surface area contributed by atoms with Gasteiger partial charge < -0.3 is 9.64 Å². The summed E-state index contributed by atoms with van der Waals surface area (Å²) in [6.07, 6.45) is 3.25. The zero-order valence-corrected chi connectivity index (χ0v) is 13.7. The van der Waals surface area contributed by atoms with E-state index in [9.17, 15) is 14.9 Å². The van der Waals surface area contributed by atoms with Gasteiger partial charge in [0.1, 0.15) is 5.75 Å². The van der Waals surface area contributed by atoms with Crippen LogP contribution in [0.3, 0.4) is 0 Å². The van der Waals surface area contributed by atoms with E-state index in [1.807, 2.05) is 0 Å². The van der Waals surface area contributed by atoms with Crippen molar-refractivity contribution in [3.63, 3.8) is 0 Å². The van der Waals surface area contributed by atoms with Crippen molar-refractivity contribution in [2.75, 3.05) is 21.2 Å². The molecule has 0 spiro atoms. The third kappa shape index (κ3) is 3.78. The van der Waals surface area contributed by atoms with Gasteiger partial charge in [-0.1, -0.05) is 6.07 Å². The lowest BCUT2D eigenvalue weighted by atomic mass is 9.97. The van der Waals surface area contributed by atoms with E-state index in [2.05, 4.69) is 0 Å². The van der Waals surface area contributed by atoms with Crippen molar-refractivity contribution in [3.05, 3.63) is 75.5 Å². The van der Waals surface area contributed by atoms with Gasteiger partial charge in [0.15, 0.2) is 5.78 Å². The maximum atomic E-state index is 12.8. The maximum absolute atomic E-state index is 12.8. The van der Waals surface area contributed by atoms with Crippen LogP contribution in [0, 0.1) is 10.1 Å². The fourth-order valence-electron chi connectivity index (χ4n) is 2.21. The molecule has 0 atom stereocenters. The third-order valence-corrected chi connectivity index (χ3v) is 3.42. The second-order valence-electron chi connectivity index (χ2n) is 5.33. The molecule has 0 bridgehead atoms. The molecule has 124 valence electrons. The number of carbonyl (C=O) groups excluding carboxylic acids is 1. The first-order valence-corrected chi connectivity index (χ1v) is 7.25. The van der Waals surface area contributed by atoms with Crippen LogP contribution in [0.2, 0.25) is 0 Å². The van der Waals surface area contributed by atoms with Crippen molar-refractivity contribution in [1.29, 1.82) is 0 Å². The van der Waals surface area contributed by atoms with Gasteiger partial charge in [0, 0.05) is 31.3 Å². The Labute approximate surface area is 140 Å². The highest BCUT2D eigenvalue weighted by atomic mass is 16.6. The predicted octanol–water partition coefficient (Wildman–Crippen LogP) is 3.37. The number of rotatable bonds is 6. The molecule has 0 N–H and O–H groups in total. The molecule has 0 unspecified atom stereocenters. The molecule has 0 aliphatic heterocycles. The number of benzene rings is 2. The van der Waals surface area contributed by atoms with Crippen molar-refractivity contribution in [1.82, 2.24) is 4.90 Å². The highest BCUT2D eigenvalue weighted by Gasteiger charge is 2.20. The van der Waals surface area contributed by atoms with Crippen molar-refractivity contribution in [2.24, 2.45) is 0 Å². The molecule has 2 aromatic rings. The Balaban J connectivity index is 2.53. The summed E-state index contributed by atoms with van der Waals surface area (Å²) in [5.41, 5.74) is 0.910. The van der Waals surface area contributed by atoms with Crippen LogP contribution in [0.15, 0.2) is 48.7 Å². The van der Waals surface area contributed by atoms with Crippen LogP contribution in [0.5, 0.6) is 5.75 Å². The van der Waals surface area contributed by atoms with Gasteiger partial charge in [-0.15, -0.1) is 0 Å². The molecule has 0 aliphatic carbocycles. The summed E-state index contributed by atoms with van der Waals surface area (Å²) in [6, 6.07) is 11.1. The molecule has 2 rings (SSSR count). The van der Waals surface area contributed by atoms with E-state index in [-0.39, 0.29) is 22.6 Å². The highest BCUT2D eigenvalue weighted by Crippen LogP contribution is 2.26. The minimum Gasteiger partial charge on any atom is -0.497 e. The number of ketones is 1. The Kier molecular flexibility index (Phi) is 5.31. The van der Waals surface area contributed by atoms with Crippen LogP contribution in [0.4, 0.5) is 5.69 Å². The molecule has 0 radical (unpaired) electrons. The maximum Gasteiger partial charge on any atom is 0.277 e. The Morgan fingerprint density at radius 3 is 2.38 bits per heavy atom. The van der Waals surface area contributed by atoms with Gasteiger partial charge in [-0.25, -0.2) is 0 Å². The predicted molar refractivity (Wildman–Crippen MR) is 92.2 cm³/mol. The Bertz CT molecular complexity index is 780. The van der Waals surface area contributed by atoms with E-state index >= 15 is 0 Å². The van der Waals surface area contributed by atoms with E-state index in [1.54, 1.807) is 68.7 Å². The smallest absolute Gasteiger partial charge is 0.277 e. The standard InChI is InChI=1S/C18H18N2O4/c1-19(2)12-11-15-16(5-4-6-17(15)20(22)23)18(21)13-7-9-14(24-3)10-8-13/h4-12H,1-3H3. The van der Waals surface area contributed by atoms with Gasteiger partial charge in [-0.2, -0.15) is 0 Å². The van der Waals surface area contributed by atoms with E-state index in [0.717, 1.165) is 0 Å². The number of methoxy groups -OCH3 is 1. The van der Waals surface area contributed by atoms with Crippen LogP contribution in [-0.2, 0) is 0 Å². The summed E-state index contributed by atoms with van der Waals surface area (Å²) in [4.78, 5) is 25.3. The lowest BCUT2D eigenvalue weighted by Crippen LogP contribution is -2.07. The largest absolute Gasteiger partial charge is 0.497 e. The number of ether oxygens (including phenoxy) is 1. The molecule has 0 aromatic heterocycles. The van der Waals surface area contributed by atoms with Crippen molar-refractivity contribution in [3.8, 4) is 5.75 Å². The summed E-state index contributed by atoms with van der Waals surface area (Å²) in [5.74, 6) is 0.359. The van der Waals surface area contributed by atoms with Crippen molar-refractivity contribution >= 4 is 17.5 Å². The van der Waals surface area contributed by atoms with Gasteiger partial charge >= 0.3 is 0 Å². The molecule has 0 saturated heterocycles. The molecule has 0 aliphatic rings. The zero-order chi connectivity index (χ0) is 17.7. The first-order valence-electron chi connectivity index (χ1n) is 7.25. The molecule has 2 aromatic carbocycles. The molecule has 6 heteroatoms. The van der Waals surface area contributed by atoms with Crippen LogP contribution in [0.25, 0.3) is 6.08 Å².